The summed E-state index contributed by atoms with van der Waals surface area (Å²) in [6, 6.07) is 5.49. The molecule has 1 unspecified atom stereocenters. The summed E-state index contributed by atoms with van der Waals surface area (Å²) in [4.78, 5) is 21.6. The monoisotopic (exact) mass is 251 g/mol. The second-order valence-corrected chi connectivity index (χ2v) is 4.46. The van der Waals surface area contributed by atoms with Crippen LogP contribution in [-0.2, 0) is 4.79 Å². The van der Waals surface area contributed by atoms with Crippen LogP contribution in [0.3, 0.4) is 0 Å². The highest BCUT2D eigenvalue weighted by atomic mass is 16.6. The van der Waals surface area contributed by atoms with Gasteiger partial charge in [0.1, 0.15) is 0 Å². The standard InChI is InChI=1S/C12H17N3O3/c1-8(2)11(13)7-12(16)14-9-3-5-10(6-4-9)15(17)18/h3-6,8,11H,7,13H2,1-2H3,(H,14,16). The summed E-state index contributed by atoms with van der Waals surface area (Å²) in [7, 11) is 0. The normalized spacial score (nSPS) is 12.2. The van der Waals surface area contributed by atoms with E-state index in [-0.39, 0.29) is 30.0 Å². The van der Waals surface area contributed by atoms with Crippen LogP contribution in [0.15, 0.2) is 24.3 Å². The molecule has 0 aliphatic heterocycles. The molecule has 0 aliphatic rings. The van der Waals surface area contributed by atoms with Crippen molar-refractivity contribution in [2.45, 2.75) is 26.3 Å². The number of carbonyl (C=O) groups is 1. The van der Waals surface area contributed by atoms with Gasteiger partial charge in [-0.25, -0.2) is 0 Å². The van der Waals surface area contributed by atoms with Gasteiger partial charge in [-0.2, -0.15) is 0 Å². The molecule has 0 fully saturated rings. The van der Waals surface area contributed by atoms with Gasteiger partial charge in [-0.05, 0) is 18.1 Å². The molecule has 0 saturated carbocycles. The maximum absolute atomic E-state index is 11.6. The van der Waals surface area contributed by atoms with Gasteiger partial charge >= 0.3 is 0 Å². The Hall–Kier alpha value is -1.95. The Morgan fingerprint density at radius 3 is 2.39 bits per heavy atom. The van der Waals surface area contributed by atoms with Gasteiger partial charge in [0.05, 0.1) is 4.92 Å². The average Bonchev–Trinajstić information content (AvgIpc) is 2.29. The van der Waals surface area contributed by atoms with Crippen LogP contribution >= 0.6 is 0 Å². The van der Waals surface area contributed by atoms with E-state index in [9.17, 15) is 14.9 Å². The van der Waals surface area contributed by atoms with Gasteiger partial charge in [-0.3, -0.25) is 14.9 Å². The molecule has 1 aromatic rings. The van der Waals surface area contributed by atoms with Crippen molar-refractivity contribution >= 4 is 17.3 Å². The number of hydrogen-bond donors (Lipinski definition) is 2. The van der Waals surface area contributed by atoms with Gasteiger partial charge in [0.25, 0.3) is 5.69 Å². The first-order chi connectivity index (χ1) is 8.40. The summed E-state index contributed by atoms with van der Waals surface area (Å²) in [6.45, 7) is 3.90. The van der Waals surface area contributed by atoms with E-state index < -0.39 is 4.92 Å². The molecular weight excluding hydrogens is 234 g/mol. The maximum atomic E-state index is 11.6. The zero-order valence-corrected chi connectivity index (χ0v) is 10.4. The quantitative estimate of drug-likeness (QED) is 0.616. The Morgan fingerprint density at radius 1 is 1.39 bits per heavy atom. The van der Waals surface area contributed by atoms with Crippen molar-refractivity contribution in [2.75, 3.05) is 5.32 Å². The van der Waals surface area contributed by atoms with E-state index in [2.05, 4.69) is 5.32 Å². The Morgan fingerprint density at radius 2 is 1.94 bits per heavy atom. The highest BCUT2D eigenvalue weighted by Gasteiger charge is 2.13. The Kier molecular flexibility index (Phi) is 4.79. The smallest absolute Gasteiger partial charge is 0.269 e. The number of benzene rings is 1. The lowest BCUT2D eigenvalue weighted by Crippen LogP contribution is -2.31. The van der Waals surface area contributed by atoms with E-state index in [1.54, 1.807) is 0 Å². The molecular formula is C12H17N3O3. The number of nitrogens with zero attached hydrogens (tertiary/aromatic N) is 1. The van der Waals surface area contributed by atoms with E-state index in [4.69, 9.17) is 5.73 Å². The van der Waals surface area contributed by atoms with E-state index in [0.29, 0.717) is 5.69 Å². The lowest BCUT2D eigenvalue weighted by molar-refractivity contribution is -0.384. The maximum Gasteiger partial charge on any atom is 0.269 e. The molecule has 6 nitrogen and oxygen atoms in total. The Labute approximate surface area is 105 Å². The highest BCUT2D eigenvalue weighted by molar-refractivity contribution is 5.91. The molecule has 6 heteroatoms. The first kappa shape index (κ1) is 14.1. The SMILES string of the molecule is CC(C)C(N)CC(=O)Nc1ccc([N+](=O)[O-])cc1. The summed E-state index contributed by atoms with van der Waals surface area (Å²) >= 11 is 0. The predicted octanol–water partition coefficient (Wildman–Crippen LogP) is 1.91. The second kappa shape index (κ2) is 6.11. The Bertz CT molecular complexity index is 429. The number of nitro benzene ring substituents is 1. The summed E-state index contributed by atoms with van der Waals surface area (Å²) in [5.41, 5.74) is 6.31. The van der Waals surface area contributed by atoms with Crippen molar-refractivity contribution in [3.05, 3.63) is 34.4 Å². The summed E-state index contributed by atoms with van der Waals surface area (Å²) in [5.74, 6) is 0.0395. The molecule has 0 radical (unpaired) electrons. The number of nitro groups is 1. The molecule has 0 bridgehead atoms. The Balaban J connectivity index is 2.57. The number of amides is 1. The van der Waals surface area contributed by atoms with Crippen LogP contribution in [0.25, 0.3) is 0 Å². The summed E-state index contributed by atoms with van der Waals surface area (Å²) in [5, 5.41) is 13.1. The fourth-order valence-corrected chi connectivity index (χ4v) is 1.33. The van der Waals surface area contributed by atoms with Crippen LogP contribution in [0.5, 0.6) is 0 Å². The summed E-state index contributed by atoms with van der Waals surface area (Å²) < 4.78 is 0. The number of non-ortho nitro benzene ring substituents is 1. The third kappa shape index (κ3) is 4.14. The largest absolute Gasteiger partial charge is 0.327 e. The van der Waals surface area contributed by atoms with Crippen molar-refractivity contribution in [2.24, 2.45) is 11.7 Å². The number of anilines is 1. The minimum Gasteiger partial charge on any atom is -0.327 e. The number of hydrogen-bond acceptors (Lipinski definition) is 4. The van der Waals surface area contributed by atoms with E-state index in [1.807, 2.05) is 13.8 Å². The molecule has 0 saturated heterocycles. The van der Waals surface area contributed by atoms with Crippen molar-refractivity contribution < 1.29 is 9.72 Å². The van der Waals surface area contributed by atoms with Gasteiger partial charge < -0.3 is 11.1 Å². The topological polar surface area (TPSA) is 98.3 Å². The van der Waals surface area contributed by atoms with E-state index >= 15 is 0 Å². The van der Waals surface area contributed by atoms with Crippen LogP contribution in [-0.4, -0.2) is 16.9 Å². The van der Waals surface area contributed by atoms with Gasteiger partial charge in [0.2, 0.25) is 5.91 Å². The molecule has 1 atom stereocenters. The molecule has 0 heterocycles. The fourth-order valence-electron chi connectivity index (χ4n) is 1.33. The van der Waals surface area contributed by atoms with Crippen LogP contribution in [0.4, 0.5) is 11.4 Å². The molecule has 0 spiro atoms. The molecule has 18 heavy (non-hydrogen) atoms. The third-order valence-corrected chi connectivity index (χ3v) is 2.64. The lowest BCUT2D eigenvalue weighted by atomic mass is 10.0. The minimum absolute atomic E-state index is 0.00752. The first-order valence-electron chi connectivity index (χ1n) is 5.70. The number of nitrogens with two attached hydrogens (primary N) is 1. The highest BCUT2D eigenvalue weighted by Crippen LogP contribution is 2.15. The molecule has 1 amide bonds. The van der Waals surface area contributed by atoms with Gasteiger partial charge in [0, 0.05) is 30.3 Å². The number of carbonyl (C=O) groups excluding carboxylic acids is 1. The van der Waals surface area contributed by atoms with Crippen molar-refractivity contribution in [3.8, 4) is 0 Å². The van der Waals surface area contributed by atoms with Crippen molar-refractivity contribution in [1.82, 2.24) is 0 Å². The van der Waals surface area contributed by atoms with Crippen LogP contribution < -0.4 is 11.1 Å². The minimum atomic E-state index is -0.486. The zero-order valence-electron chi connectivity index (χ0n) is 10.4. The lowest BCUT2D eigenvalue weighted by Gasteiger charge is -2.14. The molecule has 0 aromatic heterocycles. The van der Waals surface area contributed by atoms with Gasteiger partial charge in [0.15, 0.2) is 0 Å². The van der Waals surface area contributed by atoms with Crippen LogP contribution in [0, 0.1) is 16.0 Å². The zero-order chi connectivity index (χ0) is 13.7. The summed E-state index contributed by atoms with van der Waals surface area (Å²) in [6.07, 6.45) is 0.231. The number of nitrogens with one attached hydrogen (secondary N) is 1. The molecule has 1 rings (SSSR count). The molecule has 3 N–H and O–H groups in total. The fraction of sp³-hybridized carbons (Fsp3) is 0.417. The molecule has 98 valence electrons. The second-order valence-electron chi connectivity index (χ2n) is 4.46. The third-order valence-electron chi connectivity index (χ3n) is 2.64. The van der Waals surface area contributed by atoms with Gasteiger partial charge in [-0.1, -0.05) is 13.8 Å². The molecule has 1 aromatic carbocycles. The number of rotatable bonds is 5. The van der Waals surface area contributed by atoms with Crippen LogP contribution in [0.1, 0.15) is 20.3 Å². The van der Waals surface area contributed by atoms with Crippen molar-refractivity contribution in [3.63, 3.8) is 0 Å². The predicted molar refractivity (Wildman–Crippen MR) is 69.2 cm³/mol. The van der Waals surface area contributed by atoms with Crippen molar-refractivity contribution in [1.29, 1.82) is 0 Å². The van der Waals surface area contributed by atoms with Gasteiger partial charge in [-0.15, -0.1) is 0 Å². The van der Waals surface area contributed by atoms with Crippen LogP contribution in [0.2, 0.25) is 0 Å². The van der Waals surface area contributed by atoms with E-state index in [0.717, 1.165) is 0 Å². The van der Waals surface area contributed by atoms with E-state index in [1.165, 1.54) is 24.3 Å². The average molecular weight is 251 g/mol. The first-order valence-corrected chi connectivity index (χ1v) is 5.70. The molecule has 0 aliphatic carbocycles.